The van der Waals surface area contributed by atoms with Gasteiger partial charge in [0.1, 0.15) is 5.65 Å². The summed E-state index contributed by atoms with van der Waals surface area (Å²) in [5.74, 6) is -1.38. The largest absolute Gasteiger partial charge is 0.478 e. The summed E-state index contributed by atoms with van der Waals surface area (Å²) in [6.07, 6.45) is 0. The molecule has 2 heterocycles. The molecule has 0 bridgehead atoms. The normalized spacial score (nSPS) is 11.0. The van der Waals surface area contributed by atoms with Crippen LogP contribution in [-0.4, -0.2) is 24.8 Å². The van der Waals surface area contributed by atoms with Gasteiger partial charge in [0.2, 0.25) is 0 Å². The first-order valence-corrected chi connectivity index (χ1v) is 6.45. The van der Waals surface area contributed by atoms with Crippen LogP contribution in [0.4, 0.5) is 0 Å². The third kappa shape index (κ3) is 1.99. The van der Waals surface area contributed by atoms with E-state index in [2.05, 4.69) is 0 Å². The lowest BCUT2D eigenvalue weighted by Gasteiger charge is -2.15. The van der Waals surface area contributed by atoms with E-state index in [0.717, 1.165) is 15.2 Å². The molecule has 0 saturated carbocycles. The Kier molecular flexibility index (Phi) is 3.54. The summed E-state index contributed by atoms with van der Waals surface area (Å²) in [5.41, 5.74) is -2.20. The van der Waals surface area contributed by atoms with Crippen LogP contribution in [0.2, 0.25) is 0 Å². The molecule has 0 atom stereocenters. The zero-order valence-corrected chi connectivity index (χ0v) is 11.9. The van der Waals surface area contributed by atoms with Gasteiger partial charge in [-0.1, -0.05) is 0 Å². The molecule has 0 radical (unpaired) electrons. The minimum Gasteiger partial charge on any atom is -0.478 e. The van der Waals surface area contributed by atoms with Crippen molar-refractivity contribution < 1.29 is 9.90 Å². The van der Waals surface area contributed by atoms with Gasteiger partial charge in [0.05, 0.1) is 10.9 Å². The molecule has 2 rings (SSSR count). The summed E-state index contributed by atoms with van der Waals surface area (Å²) >= 11 is 0. The van der Waals surface area contributed by atoms with Crippen molar-refractivity contribution in [3.63, 3.8) is 0 Å². The molecule has 2 aromatic rings. The smallest absolute Gasteiger partial charge is 0.336 e. The molecule has 0 amide bonds. The molecule has 0 unspecified atom stereocenters. The van der Waals surface area contributed by atoms with Crippen molar-refractivity contribution in [2.75, 3.05) is 0 Å². The summed E-state index contributed by atoms with van der Waals surface area (Å²) in [7, 11) is 1.41. The van der Waals surface area contributed by atoms with Crippen LogP contribution >= 0.6 is 0 Å². The van der Waals surface area contributed by atoms with Gasteiger partial charge in [-0.3, -0.25) is 23.3 Å². The molecule has 0 saturated heterocycles. The Morgan fingerprint density at radius 3 is 2.19 bits per heavy atom. The van der Waals surface area contributed by atoms with Gasteiger partial charge in [0.15, 0.2) is 0 Å². The Hall–Kier alpha value is -2.64. The average molecular weight is 293 g/mol. The molecule has 0 aliphatic carbocycles. The molecule has 0 aromatic carbocycles. The van der Waals surface area contributed by atoms with Crippen molar-refractivity contribution in [3.05, 3.63) is 42.8 Å². The molecule has 8 nitrogen and oxygen atoms in total. The number of carboxylic acids is 1. The van der Waals surface area contributed by atoms with Crippen LogP contribution in [-0.2, 0) is 20.1 Å². The van der Waals surface area contributed by atoms with Crippen molar-refractivity contribution in [2.24, 2.45) is 7.05 Å². The van der Waals surface area contributed by atoms with Gasteiger partial charge in [-0.2, -0.15) is 0 Å². The molecule has 0 aliphatic rings. The fraction of sp³-hybridized carbons (Fsp3) is 0.385. The lowest BCUT2D eigenvalue weighted by molar-refractivity contribution is 0.0698. The highest BCUT2D eigenvalue weighted by Crippen LogP contribution is 2.11. The first kappa shape index (κ1) is 14.8. The average Bonchev–Trinajstić information content (AvgIpc) is 2.44. The molecule has 0 aliphatic heterocycles. The number of nitrogens with zero attached hydrogens (tertiary/aromatic N) is 3. The van der Waals surface area contributed by atoms with E-state index in [4.69, 9.17) is 0 Å². The van der Waals surface area contributed by atoms with Crippen LogP contribution in [0.15, 0.2) is 20.4 Å². The highest BCUT2D eigenvalue weighted by atomic mass is 16.4. The standard InChI is InChI=1S/C13H15N3O5/c1-4-15-8(17)6-7(12(19)20)9-10(15)14(3)13(21)16(5-2)11(9)18/h6H,4-5H2,1-3H3,(H,19,20). The molecule has 0 spiro atoms. The van der Waals surface area contributed by atoms with Gasteiger partial charge in [0, 0.05) is 26.2 Å². The maximum absolute atomic E-state index is 12.4. The minimum atomic E-state index is -1.38. The number of aryl methyl sites for hydroxylation is 2. The topological polar surface area (TPSA) is 103 Å². The van der Waals surface area contributed by atoms with Gasteiger partial charge in [-0.05, 0) is 13.8 Å². The van der Waals surface area contributed by atoms with Crippen LogP contribution in [0.5, 0.6) is 0 Å². The van der Waals surface area contributed by atoms with Crippen molar-refractivity contribution in [2.45, 2.75) is 26.9 Å². The van der Waals surface area contributed by atoms with Gasteiger partial charge in [0.25, 0.3) is 11.1 Å². The quantitative estimate of drug-likeness (QED) is 0.829. The monoisotopic (exact) mass is 293 g/mol. The number of fused-ring (bicyclic) bond motifs is 1. The minimum absolute atomic E-state index is 0.0297. The van der Waals surface area contributed by atoms with Gasteiger partial charge >= 0.3 is 11.7 Å². The molecule has 112 valence electrons. The van der Waals surface area contributed by atoms with Crippen LogP contribution in [0.1, 0.15) is 24.2 Å². The Labute approximate surface area is 118 Å². The van der Waals surface area contributed by atoms with Crippen LogP contribution < -0.4 is 16.8 Å². The predicted octanol–water partition coefficient (Wildman–Crippen LogP) is -0.400. The van der Waals surface area contributed by atoms with Crippen molar-refractivity contribution >= 4 is 17.0 Å². The third-order valence-electron chi connectivity index (χ3n) is 3.44. The van der Waals surface area contributed by atoms with E-state index in [1.807, 2.05) is 0 Å². The number of hydrogen-bond donors (Lipinski definition) is 1. The number of rotatable bonds is 3. The van der Waals surface area contributed by atoms with Crippen molar-refractivity contribution in [1.82, 2.24) is 13.7 Å². The summed E-state index contributed by atoms with van der Waals surface area (Å²) in [6, 6.07) is 0.917. The van der Waals surface area contributed by atoms with Crippen LogP contribution in [0, 0.1) is 0 Å². The molecular weight excluding hydrogens is 278 g/mol. The molecular formula is C13H15N3O5. The maximum Gasteiger partial charge on any atom is 0.336 e. The SMILES string of the molecule is CCn1c(=O)c2c(C(=O)O)cc(=O)n(CC)c2n(C)c1=O. The second kappa shape index (κ2) is 5.04. The van der Waals surface area contributed by atoms with E-state index in [9.17, 15) is 24.3 Å². The number of aromatic nitrogens is 3. The van der Waals surface area contributed by atoms with Crippen molar-refractivity contribution in [3.8, 4) is 0 Å². The highest BCUT2D eigenvalue weighted by Gasteiger charge is 2.21. The second-order valence-electron chi connectivity index (χ2n) is 4.54. The Morgan fingerprint density at radius 1 is 1.14 bits per heavy atom. The number of pyridine rings is 1. The van der Waals surface area contributed by atoms with Gasteiger partial charge in [-0.15, -0.1) is 0 Å². The van der Waals surface area contributed by atoms with Gasteiger partial charge < -0.3 is 5.11 Å². The maximum atomic E-state index is 12.4. The van der Waals surface area contributed by atoms with Crippen LogP contribution in [0.3, 0.4) is 0 Å². The lowest BCUT2D eigenvalue weighted by atomic mass is 10.1. The van der Waals surface area contributed by atoms with E-state index in [1.54, 1.807) is 13.8 Å². The fourth-order valence-corrected chi connectivity index (χ4v) is 2.44. The van der Waals surface area contributed by atoms with E-state index in [1.165, 1.54) is 11.6 Å². The summed E-state index contributed by atoms with van der Waals surface area (Å²) in [4.78, 5) is 47.9. The summed E-state index contributed by atoms with van der Waals surface area (Å²) in [5, 5.41) is 9.10. The predicted molar refractivity (Wildman–Crippen MR) is 76.0 cm³/mol. The van der Waals surface area contributed by atoms with Gasteiger partial charge in [-0.25, -0.2) is 9.59 Å². The molecule has 2 aromatic heterocycles. The van der Waals surface area contributed by atoms with Crippen molar-refractivity contribution in [1.29, 1.82) is 0 Å². The third-order valence-corrected chi connectivity index (χ3v) is 3.44. The number of carbonyl (C=O) groups is 1. The van der Waals surface area contributed by atoms with E-state index in [-0.39, 0.29) is 29.7 Å². The number of hydrogen-bond acceptors (Lipinski definition) is 4. The van der Waals surface area contributed by atoms with E-state index >= 15 is 0 Å². The zero-order valence-electron chi connectivity index (χ0n) is 11.9. The van der Waals surface area contributed by atoms with Crippen LogP contribution in [0.25, 0.3) is 11.0 Å². The first-order valence-electron chi connectivity index (χ1n) is 6.45. The van der Waals surface area contributed by atoms with E-state index < -0.39 is 22.8 Å². The van der Waals surface area contributed by atoms with E-state index in [0.29, 0.717) is 0 Å². The Morgan fingerprint density at radius 2 is 1.71 bits per heavy atom. The fourth-order valence-electron chi connectivity index (χ4n) is 2.44. The number of aromatic carboxylic acids is 1. The molecule has 1 N–H and O–H groups in total. The Bertz CT molecular complexity index is 917. The molecule has 21 heavy (non-hydrogen) atoms. The second-order valence-corrected chi connectivity index (χ2v) is 4.54. The zero-order chi connectivity index (χ0) is 15.9. The Balaban J connectivity index is 3.30. The lowest BCUT2D eigenvalue weighted by Crippen LogP contribution is -2.41. The molecule has 0 fully saturated rings. The summed E-state index contributed by atoms with van der Waals surface area (Å²) in [6.45, 7) is 3.63. The summed E-state index contributed by atoms with van der Waals surface area (Å²) < 4.78 is 3.29. The molecule has 8 heteroatoms. The number of carboxylic acid groups (broad SMARTS) is 1. The highest BCUT2D eigenvalue weighted by molar-refractivity contribution is 6.01. The first-order chi connectivity index (χ1) is 9.84.